The Morgan fingerprint density at radius 2 is 2.41 bits per heavy atom. The maximum absolute atomic E-state index is 4.47. The normalized spacial score (nSPS) is 15.5. The van der Waals surface area contributed by atoms with Crippen molar-refractivity contribution in [3.63, 3.8) is 0 Å². The third-order valence-electron chi connectivity index (χ3n) is 2.81. The van der Waals surface area contributed by atoms with Crippen LogP contribution < -0.4 is 5.32 Å². The molecule has 2 rings (SSSR count). The summed E-state index contributed by atoms with van der Waals surface area (Å²) in [4.78, 5) is 6.74. The van der Waals surface area contributed by atoms with Gasteiger partial charge in [-0.2, -0.15) is 0 Å². The fraction of sp³-hybridized carbons (Fsp3) is 0.615. The van der Waals surface area contributed by atoms with E-state index in [2.05, 4.69) is 34.2 Å². The van der Waals surface area contributed by atoms with Crippen molar-refractivity contribution in [3.8, 4) is 0 Å². The molecule has 0 spiro atoms. The van der Waals surface area contributed by atoms with Crippen molar-refractivity contribution in [2.24, 2.45) is 0 Å². The van der Waals surface area contributed by atoms with Crippen LogP contribution in [0.1, 0.15) is 23.5 Å². The van der Waals surface area contributed by atoms with Crippen LogP contribution in [0.25, 0.3) is 0 Å². The summed E-state index contributed by atoms with van der Waals surface area (Å²) in [7, 11) is 2.12. The quantitative estimate of drug-likeness (QED) is 0.753. The summed E-state index contributed by atoms with van der Waals surface area (Å²) in [5.41, 5.74) is 2.42. The van der Waals surface area contributed by atoms with Crippen LogP contribution in [0.4, 0.5) is 0 Å². The van der Waals surface area contributed by atoms with Crippen LogP contribution in [-0.4, -0.2) is 36.1 Å². The van der Waals surface area contributed by atoms with Crippen molar-refractivity contribution in [1.82, 2.24) is 15.2 Å². The van der Waals surface area contributed by atoms with Crippen molar-refractivity contribution >= 4 is 11.3 Å². The predicted octanol–water partition coefficient (Wildman–Crippen LogP) is 2.19. The van der Waals surface area contributed by atoms with Crippen molar-refractivity contribution in [2.45, 2.75) is 32.4 Å². The molecule has 1 fully saturated rings. The van der Waals surface area contributed by atoms with Crippen molar-refractivity contribution in [3.05, 3.63) is 28.2 Å². The van der Waals surface area contributed by atoms with Crippen LogP contribution in [0.3, 0.4) is 0 Å². The van der Waals surface area contributed by atoms with E-state index in [4.69, 9.17) is 0 Å². The number of aromatic nitrogens is 1. The van der Waals surface area contributed by atoms with Gasteiger partial charge in [0.1, 0.15) is 0 Å². The zero-order chi connectivity index (χ0) is 12.3. The molecule has 0 unspecified atom stereocenters. The molecule has 17 heavy (non-hydrogen) atoms. The molecule has 0 atom stereocenters. The average molecular weight is 251 g/mol. The molecule has 1 saturated carbocycles. The van der Waals surface area contributed by atoms with Crippen molar-refractivity contribution < 1.29 is 0 Å². The van der Waals surface area contributed by atoms with Crippen LogP contribution in [-0.2, 0) is 6.54 Å². The van der Waals surface area contributed by atoms with Crippen LogP contribution in [0.5, 0.6) is 0 Å². The third-order valence-corrected chi connectivity index (χ3v) is 3.63. The van der Waals surface area contributed by atoms with Gasteiger partial charge in [-0.15, -0.1) is 11.3 Å². The molecule has 0 bridgehead atoms. The summed E-state index contributed by atoms with van der Waals surface area (Å²) in [6, 6.07) is 0.762. The molecule has 0 radical (unpaired) electrons. The van der Waals surface area contributed by atoms with Gasteiger partial charge in [0.25, 0.3) is 0 Å². The van der Waals surface area contributed by atoms with E-state index in [0.717, 1.165) is 36.4 Å². The minimum atomic E-state index is 0.762. The van der Waals surface area contributed by atoms with Gasteiger partial charge in [-0.3, -0.25) is 4.90 Å². The third kappa shape index (κ3) is 4.58. The molecular formula is C13H21N3S. The molecular weight excluding hydrogens is 230 g/mol. The first kappa shape index (κ1) is 12.7. The molecule has 0 amide bonds. The van der Waals surface area contributed by atoms with E-state index in [0.29, 0.717) is 0 Å². The molecule has 4 heteroatoms. The molecule has 0 aromatic carbocycles. The van der Waals surface area contributed by atoms with Crippen LogP contribution in [0, 0.1) is 6.92 Å². The van der Waals surface area contributed by atoms with Gasteiger partial charge < -0.3 is 5.32 Å². The van der Waals surface area contributed by atoms with E-state index < -0.39 is 0 Å². The molecule has 1 aromatic heterocycles. The highest BCUT2D eigenvalue weighted by molar-refractivity contribution is 7.09. The molecule has 1 heterocycles. The summed E-state index contributed by atoms with van der Waals surface area (Å²) < 4.78 is 0. The molecule has 1 N–H and O–H groups in total. The zero-order valence-corrected chi connectivity index (χ0v) is 11.5. The highest BCUT2D eigenvalue weighted by Crippen LogP contribution is 2.18. The Kier molecular flexibility index (Phi) is 4.31. The molecule has 1 aliphatic carbocycles. The standard InChI is InChI=1S/C13H21N3S/c1-10(6-14-12-4-5-12)7-16(3)8-13-9-17-11(2)15-13/h9,12,14H,1,4-8H2,2-3H3. The Morgan fingerprint density at radius 3 is 3.00 bits per heavy atom. The predicted molar refractivity (Wildman–Crippen MR) is 73.3 cm³/mol. The maximum atomic E-state index is 4.47. The summed E-state index contributed by atoms with van der Waals surface area (Å²) in [6.07, 6.45) is 2.67. The van der Waals surface area contributed by atoms with Gasteiger partial charge >= 0.3 is 0 Å². The summed E-state index contributed by atoms with van der Waals surface area (Å²) in [5, 5.41) is 6.77. The second-order valence-electron chi connectivity index (χ2n) is 4.94. The average Bonchev–Trinajstić information content (AvgIpc) is 3.00. The minimum absolute atomic E-state index is 0.762. The molecule has 0 saturated heterocycles. The fourth-order valence-electron chi connectivity index (χ4n) is 1.83. The Morgan fingerprint density at radius 1 is 1.65 bits per heavy atom. The van der Waals surface area contributed by atoms with Gasteiger partial charge in [-0.05, 0) is 32.4 Å². The summed E-state index contributed by atoms with van der Waals surface area (Å²) in [6.45, 7) is 8.97. The molecule has 0 aliphatic heterocycles. The van der Waals surface area contributed by atoms with Crippen LogP contribution in [0.15, 0.2) is 17.5 Å². The highest BCUT2D eigenvalue weighted by Gasteiger charge is 2.20. The Hall–Kier alpha value is -0.710. The van der Waals surface area contributed by atoms with E-state index >= 15 is 0 Å². The molecule has 3 nitrogen and oxygen atoms in total. The summed E-state index contributed by atoms with van der Waals surface area (Å²) in [5.74, 6) is 0. The van der Waals surface area contributed by atoms with Gasteiger partial charge in [0.05, 0.1) is 10.7 Å². The Balaban J connectivity index is 1.68. The largest absolute Gasteiger partial charge is 0.310 e. The lowest BCUT2D eigenvalue weighted by Gasteiger charge is -2.17. The smallest absolute Gasteiger partial charge is 0.0897 e. The van der Waals surface area contributed by atoms with Gasteiger partial charge in [0, 0.05) is 31.1 Å². The summed E-state index contributed by atoms with van der Waals surface area (Å²) >= 11 is 1.72. The first-order valence-corrected chi connectivity index (χ1v) is 7.01. The Labute approximate surface area is 108 Å². The van der Waals surface area contributed by atoms with Crippen molar-refractivity contribution in [1.29, 1.82) is 0 Å². The number of hydrogen-bond acceptors (Lipinski definition) is 4. The first-order valence-electron chi connectivity index (χ1n) is 6.13. The molecule has 94 valence electrons. The van der Waals surface area contributed by atoms with Gasteiger partial charge in [-0.1, -0.05) is 6.58 Å². The van der Waals surface area contributed by atoms with E-state index in [1.165, 1.54) is 18.4 Å². The number of nitrogens with zero attached hydrogens (tertiary/aromatic N) is 2. The fourth-order valence-corrected chi connectivity index (χ4v) is 2.43. The van der Waals surface area contributed by atoms with Gasteiger partial charge in [0.2, 0.25) is 0 Å². The lowest BCUT2D eigenvalue weighted by atomic mass is 10.2. The number of likely N-dealkylation sites (N-methyl/N-ethyl adjacent to an activating group) is 1. The van der Waals surface area contributed by atoms with Crippen LogP contribution in [0.2, 0.25) is 0 Å². The monoisotopic (exact) mass is 251 g/mol. The molecule has 1 aliphatic rings. The second kappa shape index (κ2) is 5.76. The van der Waals surface area contributed by atoms with E-state index in [9.17, 15) is 0 Å². The minimum Gasteiger partial charge on any atom is -0.310 e. The Bertz CT molecular complexity index is 382. The first-order chi connectivity index (χ1) is 8.13. The second-order valence-corrected chi connectivity index (χ2v) is 6.00. The number of hydrogen-bond donors (Lipinski definition) is 1. The topological polar surface area (TPSA) is 28.2 Å². The SMILES string of the molecule is C=C(CNC1CC1)CN(C)Cc1csc(C)n1. The number of aryl methyl sites for hydroxylation is 1. The van der Waals surface area contributed by atoms with Crippen LogP contribution >= 0.6 is 11.3 Å². The van der Waals surface area contributed by atoms with E-state index in [1.54, 1.807) is 11.3 Å². The number of thiazole rings is 1. The highest BCUT2D eigenvalue weighted by atomic mass is 32.1. The van der Waals surface area contributed by atoms with Gasteiger partial charge in [-0.25, -0.2) is 4.98 Å². The number of nitrogens with one attached hydrogen (secondary N) is 1. The van der Waals surface area contributed by atoms with Gasteiger partial charge in [0.15, 0.2) is 0 Å². The van der Waals surface area contributed by atoms with E-state index in [-0.39, 0.29) is 0 Å². The number of rotatable bonds is 7. The van der Waals surface area contributed by atoms with Crippen molar-refractivity contribution in [2.75, 3.05) is 20.1 Å². The lowest BCUT2D eigenvalue weighted by Crippen LogP contribution is -2.26. The zero-order valence-electron chi connectivity index (χ0n) is 10.7. The molecule has 1 aromatic rings. The lowest BCUT2D eigenvalue weighted by molar-refractivity contribution is 0.348. The maximum Gasteiger partial charge on any atom is 0.0897 e. The van der Waals surface area contributed by atoms with E-state index in [1.807, 2.05) is 6.92 Å².